The molecule has 1 atom stereocenters. The molecule has 2 heterocycles. The van der Waals surface area contributed by atoms with Crippen LogP contribution < -0.4 is 4.90 Å². The summed E-state index contributed by atoms with van der Waals surface area (Å²) in [6.07, 6.45) is 1.81. The van der Waals surface area contributed by atoms with Gasteiger partial charge in [-0.1, -0.05) is 18.2 Å². The van der Waals surface area contributed by atoms with Crippen molar-refractivity contribution in [2.24, 2.45) is 5.92 Å². The van der Waals surface area contributed by atoms with Crippen LogP contribution in [0.25, 0.3) is 0 Å². The van der Waals surface area contributed by atoms with Crippen molar-refractivity contribution in [3.63, 3.8) is 0 Å². The zero-order valence-corrected chi connectivity index (χ0v) is 12.4. The number of para-hydroxylation sites is 1. The Morgan fingerprint density at radius 1 is 1.20 bits per heavy atom. The summed E-state index contributed by atoms with van der Waals surface area (Å²) in [5, 5.41) is 0. The molecule has 1 aromatic rings. The number of hydrogen-bond acceptors (Lipinski definition) is 3. The number of sulfone groups is 1. The Labute approximate surface area is 119 Å². The lowest BCUT2D eigenvalue weighted by atomic mass is 10.0. The summed E-state index contributed by atoms with van der Waals surface area (Å²) in [6, 6.07) is 8.15. The van der Waals surface area contributed by atoms with Crippen molar-refractivity contribution in [1.82, 2.24) is 0 Å². The first-order chi connectivity index (χ1) is 9.48. The van der Waals surface area contributed by atoms with Gasteiger partial charge in [0.25, 0.3) is 0 Å². The largest absolute Gasteiger partial charge is 0.309 e. The van der Waals surface area contributed by atoms with Crippen molar-refractivity contribution in [2.45, 2.75) is 32.2 Å². The van der Waals surface area contributed by atoms with Gasteiger partial charge in [0.15, 0.2) is 0 Å². The summed E-state index contributed by atoms with van der Waals surface area (Å²) >= 11 is 0. The van der Waals surface area contributed by atoms with Crippen molar-refractivity contribution in [3.8, 4) is 0 Å². The number of anilines is 1. The summed E-state index contributed by atoms with van der Waals surface area (Å²) in [6.45, 7) is 2.05. The van der Waals surface area contributed by atoms with Crippen LogP contribution in [0.1, 0.15) is 25.3 Å². The summed E-state index contributed by atoms with van der Waals surface area (Å²) in [5.41, 5.74) is 2.20. The number of carbonyl (C=O) groups excluding carboxylic acids is 1. The van der Waals surface area contributed by atoms with E-state index >= 15 is 0 Å². The Hall–Kier alpha value is -1.36. The third-order valence-corrected chi connectivity index (χ3v) is 6.06. The van der Waals surface area contributed by atoms with Crippen LogP contribution in [0, 0.1) is 5.92 Å². The average molecular weight is 293 g/mol. The Kier molecular flexibility index (Phi) is 3.32. The fourth-order valence-corrected chi connectivity index (χ4v) is 4.73. The minimum Gasteiger partial charge on any atom is -0.309 e. The van der Waals surface area contributed by atoms with Gasteiger partial charge in [-0.25, -0.2) is 8.42 Å². The predicted octanol–water partition coefficient (Wildman–Crippen LogP) is 1.79. The number of rotatable bonds is 1. The zero-order valence-electron chi connectivity index (χ0n) is 11.6. The Morgan fingerprint density at radius 3 is 2.55 bits per heavy atom. The lowest BCUT2D eigenvalue weighted by Crippen LogP contribution is -2.42. The van der Waals surface area contributed by atoms with Crippen LogP contribution in [-0.2, 0) is 21.1 Å². The van der Waals surface area contributed by atoms with Crippen molar-refractivity contribution in [3.05, 3.63) is 29.8 Å². The molecule has 0 saturated carbocycles. The average Bonchev–Trinajstić information content (AvgIpc) is 2.73. The van der Waals surface area contributed by atoms with E-state index < -0.39 is 9.84 Å². The number of nitrogens with zero attached hydrogens (tertiary/aromatic N) is 1. The molecule has 1 aromatic carbocycles. The van der Waals surface area contributed by atoms with E-state index in [-0.39, 0.29) is 29.4 Å². The molecule has 1 saturated heterocycles. The van der Waals surface area contributed by atoms with E-state index in [9.17, 15) is 13.2 Å². The third-order valence-electron chi connectivity index (χ3n) is 4.35. The number of amides is 1. The number of carbonyl (C=O) groups is 1. The van der Waals surface area contributed by atoms with E-state index in [2.05, 4.69) is 13.0 Å². The summed E-state index contributed by atoms with van der Waals surface area (Å²) in [4.78, 5) is 14.6. The van der Waals surface area contributed by atoms with E-state index in [0.717, 1.165) is 12.1 Å². The molecule has 0 N–H and O–H groups in total. The second-order valence-corrected chi connectivity index (χ2v) is 8.12. The van der Waals surface area contributed by atoms with Crippen LogP contribution in [0.3, 0.4) is 0 Å². The molecule has 2 aliphatic rings. The van der Waals surface area contributed by atoms with Gasteiger partial charge in [-0.2, -0.15) is 0 Å². The lowest BCUT2D eigenvalue weighted by molar-refractivity contribution is -0.122. The zero-order chi connectivity index (χ0) is 14.3. The molecule has 0 aromatic heterocycles. The molecule has 2 aliphatic heterocycles. The SMILES string of the molecule is CC1Cc2ccccc2N1C(=O)C1CCS(=O)(=O)CC1. The molecule has 0 bridgehead atoms. The maximum atomic E-state index is 12.7. The third kappa shape index (κ3) is 2.35. The fraction of sp³-hybridized carbons (Fsp3) is 0.533. The first kappa shape index (κ1) is 13.6. The van der Waals surface area contributed by atoms with Gasteiger partial charge in [-0.15, -0.1) is 0 Å². The Balaban J connectivity index is 1.81. The Bertz CT molecular complexity index is 624. The molecule has 1 amide bonds. The van der Waals surface area contributed by atoms with Gasteiger partial charge in [0, 0.05) is 17.6 Å². The molecule has 1 unspecified atom stereocenters. The molecular weight excluding hydrogens is 274 g/mol. The smallest absolute Gasteiger partial charge is 0.230 e. The van der Waals surface area contributed by atoms with Gasteiger partial charge < -0.3 is 4.90 Å². The fourth-order valence-electron chi connectivity index (χ4n) is 3.24. The molecule has 108 valence electrons. The number of benzene rings is 1. The van der Waals surface area contributed by atoms with Gasteiger partial charge in [-0.3, -0.25) is 4.79 Å². The molecule has 4 nitrogen and oxygen atoms in total. The maximum absolute atomic E-state index is 12.7. The van der Waals surface area contributed by atoms with Gasteiger partial charge in [0.05, 0.1) is 11.5 Å². The van der Waals surface area contributed by atoms with E-state index in [0.29, 0.717) is 12.8 Å². The first-order valence-corrected chi connectivity index (χ1v) is 8.91. The summed E-state index contributed by atoms with van der Waals surface area (Å²) in [5.74, 6) is 0.241. The molecule has 0 aliphatic carbocycles. The highest BCUT2D eigenvalue weighted by atomic mass is 32.2. The van der Waals surface area contributed by atoms with E-state index in [4.69, 9.17) is 0 Å². The quantitative estimate of drug-likeness (QED) is 0.793. The topological polar surface area (TPSA) is 54.5 Å². The second-order valence-electron chi connectivity index (χ2n) is 5.82. The van der Waals surface area contributed by atoms with E-state index in [1.807, 2.05) is 23.1 Å². The molecule has 3 rings (SSSR count). The number of hydrogen-bond donors (Lipinski definition) is 0. The summed E-state index contributed by atoms with van der Waals surface area (Å²) in [7, 11) is -2.92. The predicted molar refractivity (Wildman–Crippen MR) is 78.5 cm³/mol. The number of fused-ring (bicyclic) bond motifs is 1. The van der Waals surface area contributed by atoms with Gasteiger partial charge >= 0.3 is 0 Å². The van der Waals surface area contributed by atoms with E-state index in [1.54, 1.807) is 0 Å². The molecule has 0 radical (unpaired) electrons. The van der Waals surface area contributed by atoms with E-state index in [1.165, 1.54) is 5.56 Å². The standard InChI is InChI=1S/C15H19NO3S/c1-11-10-13-4-2-3-5-14(13)16(11)15(17)12-6-8-20(18,19)9-7-12/h2-5,11-12H,6-10H2,1H3. The highest BCUT2D eigenvalue weighted by Crippen LogP contribution is 2.34. The van der Waals surface area contributed by atoms with Crippen molar-refractivity contribution < 1.29 is 13.2 Å². The summed E-state index contributed by atoms with van der Waals surface area (Å²) < 4.78 is 23.0. The van der Waals surface area contributed by atoms with Crippen LogP contribution in [-0.4, -0.2) is 31.9 Å². The van der Waals surface area contributed by atoms with Crippen molar-refractivity contribution >= 4 is 21.4 Å². The van der Waals surface area contributed by atoms with Crippen LogP contribution in [0.2, 0.25) is 0 Å². The monoisotopic (exact) mass is 293 g/mol. The minimum atomic E-state index is -2.92. The van der Waals surface area contributed by atoms with Crippen molar-refractivity contribution in [2.75, 3.05) is 16.4 Å². The van der Waals surface area contributed by atoms with Crippen LogP contribution in [0.15, 0.2) is 24.3 Å². The van der Waals surface area contributed by atoms with Gasteiger partial charge in [0.2, 0.25) is 5.91 Å². The first-order valence-electron chi connectivity index (χ1n) is 7.09. The van der Waals surface area contributed by atoms with Crippen LogP contribution >= 0.6 is 0 Å². The van der Waals surface area contributed by atoms with Crippen LogP contribution in [0.4, 0.5) is 5.69 Å². The molecule has 0 spiro atoms. The Morgan fingerprint density at radius 2 is 1.85 bits per heavy atom. The second kappa shape index (κ2) is 4.88. The maximum Gasteiger partial charge on any atom is 0.230 e. The normalized spacial score (nSPS) is 25.4. The van der Waals surface area contributed by atoms with Crippen molar-refractivity contribution in [1.29, 1.82) is 0 Å². The van der Waals surface area contributed by atoms with Gasteiger partial charge in [-0.05, 0) is 37.8 Å². The van der Waals surface area contributed by atoms with Crippen LogP contribution in [0.5, 0.6) is 0 Å². The minimum absolute atomic E-state index is 0.0948. The van der Waals surface area contributed by atoms with Gasteiger partial charge in [0.1, 0.15) is 9.84 Å². The lowest BCUT2D eigenvalue weighted by Gasteiger charge is -2.29. The highest BCUT2D eigenvalue weighted by Gasteiger charge is 2.37. The molecule has 1 fully saturated rings. The molecular formula is C15H19NO3S. The molecule has 20 heavy (non-hydrogen) atoms. The molecule has 5 heteroatoms. The highest BCUT2D eigenvalue weighted by molar-refractivity contribution is 7.91.